The minimum atomic E-state index is 0.135. The average molecular weight is 354 g/mol. The normalized spacial score (nSPS) is 11.9. The smallest absolute Gasteiger partial charge is 0.171 e. The fourth-order valence-electron chi connectivity index (χ4n) is 2.55. The fraction of sp³-hybridized carbons (Fsp3) is 0.278. The number of aromatic nitrogens is 4. The van der Waals surface area contributed by atoms with Gasteiger partial charge in [0.15, 0.2) is 5.11 Å². The Morgan fingerprint density at radius 2 is 1.88 bits per heavy atom. The summed E-state index contributed by atoms with van der Waals surface area (Å²) >= 11 is 5.40. The highest BCUT2D eigenvalue weighted by atomic mass is 32.1. The molecule has 0 amide bonds. The number of aryl methyl sites for hydroxylation is 1. The number of nitrogens with one attached hydrogen (secondary N) is 2. The second-order valence-corrected chi connectivity index (χ2v) is 6.27. The van der Waals surface area contributed by atoms with Crippen LogP contribution in [0, 0.1) is 0 Å². The summed E-state index contributed by atoms with van der Waals surface area (Å²) in [5, 5.41) is 15.7. The molecule has 2 heterocycles. The Labute approximate surface area is 152 Å². The lowest BCUT2D eigenvalue weighted by molar-refractivity contribution is 0.654. The molecule has 0 aliphatic carbocycles. The van der Waals surface area contributed by atoms with E-state index in [9.17, 15) is 0 Å². The number of anilines is 1. The molecule has 0 fully saturated rings. The van der Waals surface area contributed by atoms with E-state index in [1.807, 2.05) is 46.2 Å². The summed E-state index contributed by atoms with van der Waals surface area (Å²) in [7, 11) is 0. The summed E-state index contributed by atoms with van der Waals surface area (Å²) < 4.78 is 3.77. The standard InChI is InChI=1S/C18H22N6S/c1-3-23-11-15(9-19-23)12-24-13-17(10-20-24)22-18(25)21-14(2)16-7-5-4-6-8-16/h4-11,13-14H,3,12H2,1-2H3,(H2,21,22,25). The predicted molar refractivity (Wildman–Crippen MR) is 103 cm³/mol. The lowest BCUT2D eigenvalue weighted by Gasteiger charge is -2.16. The maximum atomic E-state index is 5.40. The van der Waals surface area contributed by atoms with Crippen LogP contribution in [0.1, 0.15) is 31.0 Å². The number of nitrogens with zero attached hydrogens (tertiary/aromatic N) is 4. The Hall–Kier alpha value is -2.67. The van der Waals surface area contributed by atoms with Crippen molar-refractivity contribution in [1.29, 1.82) is 0 Å². The minimum absolute atomic E-state index is 0.135. The van der Waals surface area contributed by atoms with Crippen molar-refractivity contribution in [3.05, 3.63) is 66.2 Å². The van der Waals surface area contributed by atoms with Gasteiger partial charge in [-0.25, -0.2) is 0 Å². The summed E-state index contributed by atoms with van der Waals surface area (Å²) in [4.78, 5) is 0. The first-order chi connectivity index (χ1) is 12.1. The molecule has 3 rings (SSSR count). The SMILES string of the molecule is CCn1cc(Cn2cc(NC(=S)NC(C)c3ccccc3)cn2)cn1. The van der Waals surface area contributed by atoms with E-state index in [1.165, 1.54) is 5.56 Å². The van der Waals surface area contributed by atoms with Gasteiger partial charge in [0.25, 0.3) is 0 Å². The predicted octanol–water partition coefficient (Wildman–Crippen LogP) is 3.20. The molecule has 0 aliphatic rings. The van der Waals surface area contributed by atoms with Crippen LogP contribution in [0.3, 0.4) is 0 Å². The quantitative estimate of drug-likeness (QED) is 0.666. The van der Waals surface area contributed by atoms with Crippen molar-refractivity contribution >= 4 is 23.0 Å². The van der Waals surface area contributed by atoms with Gasteiger partial charge in [0, 0.05) is 24.5 Å². The topological polar surface area (TPSA) is 59.7 Å². The molecule has 0 bridgehead atoms. The molecule has 2 aromatic heterocycles. The molecule has 25 heavy (non-hydrogen) atoms. The Kier molecular flexibility index (Phi) is 5.45. The molecular formula is C18H22N6S. The molecule has 130 valence electrons. The Morgan fingerprint density at radius 1 is 1.12 bits per heavy atom. The molecule has 0 saturated heterocycles. The van der Waals surface area contributed by atoms with Crippen LogP contribution in [0.2, 0.25) is 0 Å². The van der Waals surface area contributed by atoms with Gasteiger partial charge in [-0.3, -0.25) is 9.36 Å². The van der Waals surface area contributed by atoms with Crippen molar-refractivity contribution in [1.82, 2.24) is 24.9 Å². The molecule has 0 saturated carbocycles. The van der Waals surface area contributed by atoms with Crippen LogP contribution in [0.25, 0.3) is 0 Å². The number of thiocarbonyl (C=S) groups is 1. The van der Waals surface area contributed by atoms with E-state index in [2.05, 4.69) is 46.8 Å². The molecule has 2 N–H and O–H groups in total. The summed E-state index contributed by atoms with van der Waals surface area (Å²) in [6.07, 6.45) is 7.60. The van der Waals surface area contributed by atoms with E-state index < -0.39 is 0 Å². The Bertz CT molecular complexity index is 823. The molecule has 0 aliphatic heterocycles. The molecule has 1 atom stereocenters. The fourth-order valence-corrected chi connectivity index (χ4v) is 2.85. The largest absolute Gasteiger partial charge is 0.356 e. The van der Waals surface area contributed by atoms with Crippen molar-refractivity contribution in [2.75, 3.05) is 5.32 Å². The van der Waals surface area contributed by atoms with Crippen LogP contribution < -0.4 is 10.6 Å². The molecule has 1 unspecified atom stereocenters. The van der Waals surface area contributed by atoms with E-state index in [0.29, 0.717) is 11.7 Å². The van der Waals surface area contributed by atoms with E-state index >= 15 is 0 Å². The third kappa shape index (κ3) is 4.67. The van der Waals surface area contributed by atoms with Crippen LogP contribution in [-0.2, 0) is 13.1 Å². The monoisotopic (exact) mass is 354 g/mol. The minimum Gasteiger partial charge on any atom is -0.356 e. The zero-order valence-electron chi connectivity index (χ0n) is 14.4. The van der Waals surface area contributed by atoms with Gasteiger partial charge in [0.2, 0.25) is 0 Å². The van der Waals surface area contributed by atoms with Crippen LogP contribution in [-0.4, -0.2) is 24.7 Å². The van der Waals surface area contributed by atoms with Gasteiger partial charge in [-0.2, -0.15) is 10.2 Å². The summed E-state index contributed by atoms with van der Waals surface area (Å²) in [6, 6.07) is 10.3. The summed E-state index contributed by atoms with van der Waals surface area (Å²) in [5.41, 5.74) is 3.17. The third-order valence-electron chi connectivity index (χ3n) is 3.89. The maximum absolute atomic E-state index is 5.40. The molecule has 1 aromatic carbocycles. The Balaban J connectivity index is 1.54. The highest BCUT2D eigenvalue weighted by molar-refractivity contribution is 7.80. The molecule has 0 spiro atoms. The second-order valence-electron chi connectivity index (χ2n) is 5.86. The van der Waals surface area contributed by atoms with Crippen molar-refractivity contribution < 1.29 is 0 Å². The van der Waals surface area contributed by atoms with Crippen LogP contribution in [0.4, 0.5) is 5.69 Å². The van der Waals surface area contributed by atoms with E-state index in [4.69, 9.17) is 12.2 Å². The lowest BCUT2D eigenvalue weighted by atomic mass is 10.1. The van der Waals surface area contributed by atoms with Gasteiger partial charge in [0.05, 0.1) is 30.7 Å². The van der Waals surface area contributed by atoms with Gasteiger partial charge in [-0.05, 0) is 31.6 Å². The zero-order chi connectivity index (χ0) is 17.6. The van der Waals surface area contributed by atoms with Gasteiger partial charge >= 0.3 is 0 Å². The molecule has 3 aromatic rings. The van der Waals surface area contributed by atoms with Crippen LogP contribution >= 0.6 is 12.2 Å². The number of hydrogen-bond donors (Lipinski definition) is 2. The maximum Gasteiger partial charge on any atom is 0.171 e. The van der Waals surface area contributed by atoms with Gasteiger partial charge < -0.3 is 10.6 Å². The van der Waals surface area contributed by atoms with E-state index in [-0.39, 0.29) is 6.04 Å². The number of rotatable bonds is 6. The van der Waals surface area contributed by atoms with E-state index in [0.717, 1.165) is 17.8 Å². The molecular weight excluding hydrogens is 332 g/mol. The van der Waals surface area contributed by atoms with Crippen molar-refractivity contribution in [3.63, 3.8) is 0 Å². The van der Waals surface area contributed by atoms with Crippen LogP contribution in [0.15, 0.2) is 55.1 Å². The third-order valence-corrected chi connectivity index (χ3v) is 4.11. The Morgan fingerprint density at radius 3 is 2.60 bits per heavy atom. The van der Waals surface area contributed by atoms with Crippen LogP contribution in [0.5, 0.6) is 0 Å². The van der Waals surface area contributed by atoms with Crippen molar-refractivity contribution in [2.24, 2.45) is 0 Å². The lowest BCUT2D eigenvalue weighted by Crippen LogP contribution is -2.30. The number of hydrogen-bond acceptors (Lipinski definition) is 3. The molecule has 6 nitrogen and oxygen atoms in total. The van der Waals surface area contributed by atoms with E-state index in [1.54, 1.807) is 6.20 Å². The summed E-state index contributed by atoms with van der Waals surface area (Å²) in [6.45, 7) is 5.70. The van der Waals surface area contributed by atoms with Gasteiger partial charge in [-0.15, -0.1) is 0 Å². The average Bonchev–Trinajstić information content (AvgIpc) is 3.25. The zero-order valence-corrected chi connectivity index (χ0v) is 15.2. The second kappa shape index (κ2) is 7.94. The van der Waals surface area contributed by atoms with Gasteiger partial charge in [-0.1, -0.05) is 30.3 Å². The molecule has 0 radical (unpaired) electrons. The first-order valence-electron chi connectivity index (χ1n) is 8.30. The number of benzene rings is 1. The van der Waals surface area contributed by atoms with Gasteiger partial charge in [0.1, 0.15) is 0 Å². The highest BCUT2D eigenvalue weighted by Crippen LogP contribution is 2.12. The highest BCUT2D eigenvalue weighted by Gasteiger charge is 2.08. The van der Waals surface area contributed by atoms with Crippen molar-refractivity contribution in [3.8, 4) is 0 Å². The first kappa shape index (κ1) is 17.2. The first-order valence-corrected chi connectivity index (χ1v) is 8.71. The van der Waals surface area contributed by atoms with Crippen molar-refractivity contribution in [2.45, 2.75) is 33.0 Å². The molecule has 7 heteroatoms. The summed E-state index contributed by atoms with van der Waals surface area (Å²) in [5.74, 6) is 0.